The molecule has 0 unspecified atom stereocenters. The van der Waals surface area contributed by atoms with Crippen molar-refractivity contribution in [3.05, 3.63) is 17.5 Å². The van der Waals surface area contributed by atoms with E-state index in [1.54, 1.807) is 0 Å². The van der Waals surface area contributed by atoms with Crippen molar-refractivity contribution in [3.8, 4) is 11.5 Å². The number of alkyl halides is 6. The van der Waals surface area contributed by atoms with Gasteiger partial charge in [-0.15, -0.1) is 13.2 Å². The molecule has 1 heterocycles. The Morgan fingerprint density at radius 1 is 1.22 bits per heavy atom. The molecule has 0 aromatic carbocycles. The highest BCUT2D eigenvalue weighted by molar-refractivity contribution is 5.73. The predicted molar refractivity (Wildman–Crippen MR) is 62.8 cm³/mol. The third-order valence-electron chi connectivity index (χ3n) is 2.41. The van der Waals surface area contributed by atoms with Gasteiger partial charge in [0, 0.05) is 0 Å². The fourth-order valence-electron chi connectivity index (χ4n) is 1.64. The van der Waals surface area contributed by atoms with Crippen LogP contribution in [0.25, 0.3) is 0 Å². The van der Waals surface area contributed by atoms with Crippen LogP contribution in [-0.2, 0) is 22.1 Å². The van der Waals surface area contributed by atoms with Crippen molar-refractivity contribution in [2.75, 3.05) is 13.7 Å². The van der Waals surface area contributed by atoms with E-state index in [9.17, 15) is 31.1 Å². The zero-order valence-electron chi connectivity index (χ0n) is 11.8. The number of hydrogen-bond acceptors (Lipinski definition) is 5. The molecule has 1 rings (SSSR count). The number of hydrogen-bond donors (Lipinski definition) is 0. The molecule has 1 aromatic heterocycles. The maximum Gasteiger partial charge on any atom is 0.573 e. The fraction of sp³-hybridized carbons (Fsp3) is 0.500. The standard InChI is InChI=1S/C12H11F6NO4/c1-3-22-8(20)4-6-10(23-12(16,17)18)9(11(13,14)15)7(21-2)5-19-6/h5H,3-4H2,1-2H3. The van der Waals surface area contributed by atoms with Crippen molar-refractivity contribution in [1.29, 1.82) is 0 Å². The fourth-order valence-corrected chi connectivity index (χ4v) is 1.64. The lowest BCUT2D eigenvalue weighted by molar-refractivity contribution is -0.276. The van der Waals surface area contributed by atoms with Crippen LogP contribution in [0.3, 0.4) is 0 Å². The Morgan fingerprint density at radius 3 is 2.26 bits per heavy atom. The third-order valence-corrected chi connectivity index (χ3v) is 2.41. The van der Waals surface area contributed by atoms with Gasteiger partial charge in [0.2, 0.25) is 0 Å². The SMILES string of the molecule is CCOC(=O)Cc1ncc(OC)c(C(F)(F)F)c1OC(F)(F)F. The number of carbonyl (C=O) groups excluding carboxylic acids is 1. The van der Waals surface area contributed by atoms with Crippen LogP contribution in [-0.4, -0.2) is 31.0 Å². The molecule has 23 heavy (non-hydrogen) atoms. The van der Waals surface area contributed by atoms with Gasteiger partial charge in [-0.25, -0.2) is 0 Å². The lowest BCUT2D eigenvalue weighted by atomic mass is 10.1. The Morgan fingerprint density at radius 2 is 1.83 bits per heavy atom. The molecule has 0 spiro atoms. The summed E-state index contributed by atoms with van der Waals surface area (Å²) in [6.45, 7) is 1.32. The monoisotopic (exact) mass is 347 g/mol. The number of halogens is 6. The van der Waals surface area contributed by atoms with Gasteiger partial charge in [0.15, 0.2) is 11.5 Å². The Labute approximate surface area is 126 Å². The molecule has 5 nitrogen and oxygen atoms in total. The van der Waals surface area contributed by atoms with Crippen LogP contribution >= 0.6 is 0 Å². The van der Waals surface area contributed by atoms with Crippen molar-refractivity contribution in [1.82, 2.24) is 4.98 Å². The predicted octanol–water partition coefficient (Wildman–Crippen LogP) is 3.11. The average molecular weight is 347 g/mol. The highest BCUT2D eigenvalue weighted by Gasteiger charge is 2.44. The second kappa shape index (κ2) is 6.92. The molecule has 0 saturated carbocycles. The first-order valence-electron chi connectivity index (χ1n) is 6.04. The van der Waals surface area contributed by atoms with Gasteiger partial charge in [0.1, 0.15) is 5.56 Å². The van der Waals surface area contributed by atoms with Gasteiger partial charge in [-0.3, -0.25) is 9.78 Å². The number of aromatic nitrogens is 1. The summed E-state index contributed by atoms with van der Waals surface area (Å²) in [6.07, 6.45) is -11.0. The highest BCUT2D eigenvalue weighted by Crippen LogP contribution is 2.45. The number of esters is 1. The summed E-state index contributed by atoms with van der Waals surface area (Å²) in [5.74, 6) is -3.66. The summed E-state index contributed by atoms with van der Waals surface area (Å²) in [5.41, 5.74) is -2.68. The minimum atomic E-state index is -5.42. The van der Waals surface area contributed by atoms with Gasteiger partial charge in [-0.05, 0) is 6.92 Å². The summed E-state index contributed by atoms with van der Waals surface area (Å²) in [7, 11) is 0.828. The summed E-state index contributed by atoms with van der Waals surface area (Å²) >= 11 is 0. The van der Waals surface area contributed by atoms with E-state index < -0.39 is 47.7 Å². The third kappa shape index (κ3) is 5.18. The van der Waals surface area contributed by atoms with Gasteiger partial charge < -0.3 is 14.2 Å². The summed E-state index contributed by atoms with van der Waals surface area (Å²) in [6, 6.07) is 0. The molecule has 0 N–H and O–H groups in total. The number of carbonyl (C=O) groups is 1. The smallest absolute Gasteiger partial charge is 0.494 e. The first-order valence-corrected chi connectivity index (χ1v) is 6.04. The van der Waals surface area contributed by atoms with E-state index >= 15 is 0 Å². The number of nitrogens with zero attached hydrogens (tertiary/aromatic N) is 1. The summed E-state index contributed by atoms with van der Waals surface area (Å²) < 4.78 is 88.8. The summed E-state index contributed by atoms with van der Waals surface area (Å²) in [5, 5.41) is 0. The molecule has 1 aromatic rings. The van der Waals surface area contributed by atoms with Crippen molar-refractivity contribution in [2.24, 2.45) is 0 Å². The molecule has 0 aliphatic rings. The van der Waals surface area contributed by atoms with Crippen molar-refractivity contribution in [2.45, 2.75) is 25.9 Å². The molecule has 11 heteroatoms. The van der Waals surface area contributed by atoms with E-state index in [1.165, 1.54) is 6.92 Å². The van der Waals surface area contributed by atoms with E-state index in [-0.39, 0.29) is 6.61 Å². The normalized spacial score (nSPS) is 12.0. The number of rotatable bonds is 5. The minimum absolute atomic E-state index is 0.101. The largest absolute Gasteiger partial charge is 0.573 e. The Kier molecular flexibility index (Phi) is 5.67. The van der Waals surface area contributed by atoms with E-state index in [4.69, 9.17) is 0 Å². The van der Waals surface area contributed by atoms with Crippen LogP contribution in [0.2, 0.25) is 0 Å². The number of ether oxygens (including phenoxy) is 3. The maximum absolute atomic E-state index is 13.1. The average Bonchev–Trinajstić information content (AvgIpc) is 2.37. The zero-order chi connectivity index (χ0) is 17.8. The zero-order valence-corrected chi connectivity index (χ0v) is 11.8. The maximum atomic E-state index is 13.1. The molecule has 0 aliphatic heterocycles. The Bertz CT molecular complexity index is 570. The van der Waals surface area contributed by atoms with Crippen LogP contribution in [0.1, 0.15) is 18.2 Å². The van der Waals surface area contributed by atoms with Crippen LogP contribution in [0.5, 0.6) is 11.5 Å². The molecule has 0 aliphatic carbocycles. The molecular formula is C12H11F6NO4. The van der Waals surface area contributed by atoms with Gasteiger partial charge >= 0.3 is 18.5 Å². The number of methoxy groups -OCH3 is 1. The van der Waals surface area contributed by atoms with Crippen LogP contribution in [0.15, 0.2) is 6.20 Å². The quantitative estimate of drug-likeness (QED) is 0.605. The van der Waals surface area contributed by atoms with Gasteiger partial charge in [0.25, 0.3) is 0 Å². The lowest BCUT2D eigenvalue weighted by Crippen LogP contribution is -2.23. The molecule has 0 saturated heterocycles. The van der Waals surface area contributed by atoms with Gasteiger partial charge in [-0.1, -0.05) is 0 Å². The van der Waals surface area contributed by atoms with Crippen molar-refractivity contribution in [3.63, 3.8) is 0 Å². The molecule has 0 radical (unpaired) electrons. The molecule has 130 valence electrons. The Balaban J connectivity index is 3.48. The van der Waals surface area contributed by atoms with E-state index in [0.717, 1.165) is 7.11 Å². The van der Waals surface area contributed by atoms with Crippen LogP contribution < -0.4 is 9.47 Å². The molecule has 0 bridgehead atoms. The highest BCUT2D eigenvalue weighted by atomic mass is 19.4. The first kappa shape index (κ1) is 18.8. The molecule has 0 amide bonds. The molecule has 0 atom stereocenters. The second-order valence-corrected chi connectivity index (χ2v) is 4.00. The topological polar surface area (TPSA) is 57.7 Å². The van der Waals surface area contributed by atoms with Crippen LogP contribution in [0.4, 0.5) is 26.3 Å². The van der Waals surface area contributed by atoms with E-state index in [1.807, 2.05) is 0 Å². The lowest BCUT2D eigenvalue weighted by Gasteiger charge is -2.19. The van der Waals surface area contributed by atoms with E-state index in [2.05, 4.69) is 19.2 Å². The van der Waals surface area contributed by atoms with Crippen molar-refractivity contribution >= 4 is 5.97 Å². The summed E-state index contributed by atoms with van der Waals surface area (Å²) in [4.78, 5) is 14.7. The van der Waals surface area contributed by atoms with Gasteiger partial charge in [-0.2, -0.15) is 13.2 Å². The second-order valence-electron chi connectivity index (χ2n) is 4.00. The molecule has 0 fully saturated rings. The number of pyridine rings is 1. The van der Waals surface area contributed by atoms with Crippen LogP contribution in [0, 0.1) is 0 Å². The Hall–Kier alpha value is -2.20. The van der Waals surface area contributed by atoms with E-state index in [0.29, 0.717) is 6.20 Å². The minimum Gasteiger partial charge on any atom is -0.494 e. The first-order chi connectivity index (χ1) is 10.5. The van der Waals surface area contributed by atoms with Gasteiger partial charge in [0.05, 0.1) is 32.0 Å². The molecular weight excluding hydrogens is 336 g/mol. The van der Waals surface area contributed by atoms with Crippen molar-refractivity contribution < 1.29 is 45.3 Å².